The summed E-state index contributed by atoms with van der Waals surface area (Å²) in [5, 5.41) is 0. The summed E-state index contributed by atoms with van der Waals surface area (Å²) >= 11 is 0. The van der Waals surface area contributed by atoms with E-state index in [2.05, 4.69) is 6.92 Å². The Kier molecular flexibility index (Phi) is 15.0. The molecule has 0 saturated carbocycles. The second kappa shape index (κ2) is 16.8. The summed E-state index contributed by atoms with van der Waals surface area (Å²) in [6, 6.07) is 0. The Hall–Kier alpha value is -1.10. The summed E-state index contributed by atoms with van der Waals surface area (Å²) in [6.45, 7) is 4.16. The highest BCUT2D eigenvalue weighted by Gasteiger charge is 2.31. The molecule has 0 bridgehead atoms. The van der Waals surface area contributed by atoms with E-state index in [4.69, 9.17) is 14.2 Å². The minimum Gasteiger partial charge on any atom is -0.456 e. The molecule has 28 heavy (non-hydrogen) atoms. The quantitative estimate of drug-likeness (QED) is 0.233. The third-order valence-electron chi connectivity index (χ3n) is 5.27. The van der Waals surface area contributed by atoms with Crippen LogP contribution in [-0.2, 0) is 23.8 Å². The fourth-order valence-corrected chi connectivity index (χ4v) is 3.64. The van der Waals surface area contributed by atoms with Crippen molar-refractivity contribution in [3.8, 4) is 0 Å². The van der Waals surface area contributed by atoms with Gasteiger partial charge >= 0.3 is 11.9 Å². The number of esters is 2. The second-order valence-electron chi connectivity index (χ2n) is 8.01. The smallest absolute Gasteiger partial charge is 0.308 e. The van der Waals surface area contributed by atoms with Gasteiger partial charge in [-0.3, -0.25) is 9.59 Å². The second-order valence-corrected chi connectivity index (χ2v) is 8.01. The van der Waals surface area contributed by atoms with E-state index in [1.807, 2.05) is 0 Å². The first-order valence-electron chi connectivity index (χ1n) is 11.6. The van der Waals surface area contributed by atoms with Crippen LogP contribution in [0, 0.1) is 0 Å². The first-order chi connectivity index (χ1) is 13.6. The molecule has 164 valence electrons. The van der Waals surface area contributed by atoms with Gasteiger partial charge in [0.25, 0.3) is 0 Å². The van der Waals surface area contributed by atoms with Crippen molar-refractivity contribution in [2.75, 3.05) is 6.61 Å². The van der Waals surface area contributed by atoms with Crippen LogP contribution in [0.25, 0.3) is 0 Å². The molecule has 1 fully saturated rings. The average molecular weight is 399 g/mol. The van der Waals surface area contributed by atoms with E-state index in [0.717, 1.165) is 19.3 Å². The SMILES string of the molecule is CCCCCCCCCCCCCCCC(=O)O[C@@H]1OCCC[C@H]1OC(C)=O. The van der Waals surface area contributed by atoms with Gasteiger partial charge in [-0.1, -0.05) is 84.0 Å². The molecule has 1 saturated heterocycles. The molecule has 0 spiro atoms. The molecular weight excluding hydrogens is 356 g/mol. The molecule has 0 radical (unpaired) electrons. The maximum absolute atomic E-state index is 12.0. The number of rotatable bonds is 16. The predicted octanol–water partition coefficient (Wildman–Crippen LogP) is 6.08. The number of hydrogen-bond acceptors (Lipinski definition) is 5. The lowest BCUT2D eigenvalue weighted by molar-refractivity contribution is -0.225. The van der Waals surface area contributed by atoms with E-state index < -0.39 is 12.4 Å². The van der Waals surface area contributed by atoms with Crippen LogP contribution in [0.5, 0.6) is 0 Å². The van der Waals surface area contributed by atoms with Gasteiger partial charge in [0.2, 0.25) is 6.29 Å². The topological polar surface area (TPSA) is 61.8 Å². The lowest BCUT2D eigenvalue weighted by atomic mass is 10.0. The van der Waals surface area contributed by atoms with Gasteiger partial charge in [0, 0.05) is 13.3 Å². The largest absolute Gasteiger partial charge is 0.456 e. The number of carbonyl (C=O) groups is 2. The Bertz CT molecular complexity index is 410. The molecule has 0 unspecified atom stereocenters. The highest BCUT2D eigenvalue weighted by atomic mass is 16.7. The number of unbranched alkanes of at least 4 members (excludes halogenated alkanes) is 12. The van der Waals surface area contributed by atoms with Crippen molar-refractivity contribution in [1.29, 1.82) is 0 Å². The van der Waals surface area contributed by atoms with Crippen molar-refractivity contribution in [1.82, 2.24) is 0 Å². The van der Waals surface area contributed by atoms with Crippen LogP contribution < -0.4 is 0 Å². The molecule has 0 N–H and O–H groups in total. The molecule has 0 aliphatic carbocycles. The van der Waals surface area contributed by atoms with Gasteiger partial charge < -0.3 is 14.2 Å². The predicted molar refractivity (Wildman–Crippen MR) is 111 cm³/mol. The molecule has 2 atom stereocenters. The van der Waals surface area contributed by atoms with Crippen LogP contribution in [0.2, 0.25) is 0 Å². The van der Waals surface area contributed by atoms with Gasteiger partial charge in [0.1, 0.15) is 0 Å². The molecule has 1 aliphatic rings. The molecule has 1 rings (SSSR count). The summed E-state index contributed by atoms with van der Waals surface area (Å²) in [5.41, 5.74) is 0. The van der Waals surface area contributed by atoms with Crippen molar-refractivity contribution in [2.45, 2.75) is 129 Å². The van der Waals surface area contributed by atoms with Gasteiger partial charge in [-0.2, -0.15) is 0 Å². The monoisotopic (exact) mass is 398 g/mol. The van der Waals surface area contributed by atoms with Crippen LogP contribution in [0.15, 0.2) is 0 Å². The Morgan fingerprint density at radius 1 is 0.821 bits per heavy atom. The zero-order valence-electron chi connectivity index (χ0n) is 18.2. The molecular formula is C23H42O5. The van der Waals surface area contributed by atoms with Gasteiger partial charge in [-0.05, 0) is 19.3 Å². The summed E-state index contributed by atoms with van der Waals surface area (Å²) in [4.78, 5) is 23.1. The van der Waals surface area contributed by atoms with Crippen molar-refractivity contribution < 1.29 is 23.8 Å². The summed E-state index contributed by atoms with van der Waals surface area (Å²) in [7, 11) is 0. The third kappa shape index (κ3) is 13.1. The van der Waals surface area contributed by atoms with E-state index in [-0.39, 0.29) is 11.9 Å². The number of carbonyl (C=O) groups excluding carboxylic acids is 2. The summed E-state index contributed by atoms with van der Waals surface area (Å²) in [5.74, 6) is -0.625. The molecule has 0 aromatic carbocycles. The maximum Gasteiger partial charge on any atom is 0.308 e. The average Bonchev–Trinajstić information content (AvgIpc) is 2.66. The standard InChI is InChI=1S/C23H42O5/c1-3-4-5-6-7-8-9-10-11-12-13-14-15-18-22(25)28-23-21(27-20(2)24)17-16-19-26-23/h21,23H,3-19H2,1-2H3/t21-,23+/m1/s1. The van der Waals surface area contributed by atoms with E-state index in [0.29, 0.717) is 19.4 Å². The highest BCUT2D eigenvalue weighted by molar-refractivity contribution is 5.69. The fourth-order valence-electron chi connectivity index (χ4n) is 3.64. The Morgan fingerprint density at radius 3 is 1.89 bits per heavy atom. The minimum absolute atomic E-state index is 0.257. The van der Waals surface area contributed by atoms with Crippen molar-refractivity contribution >= 4 is 11.9 Å². The van der Waals surface area contributed by atoms with Gasteiger partial charge in [-0.15, -0.1) is 0 Å². The molecule has 0 aromatic rings. The molecule has 0 aromatic heterocycles. The van der Waals surface area contributed by atoms with Gasteiger partial charge in [0.15, 0.2) is 6.10 Å². The van der Waals surface area contributed by atoms with Crippen LogP contribution in [-0.4, -0.2) is 30.9 Å². The molecule has 0 amide bonds. The van der Waals surface area contributed by atoms with E-state index in [1.54, 1.807) is 0 Å². The van der Waals surface area contributed by atoms with Crippen LogP contribution in [0.3, 0.4) is 0 Å². The van der Waals surface area contributed by atoms with Crippen molar-refractivity contribution in [3.63, 3.8) is 0 Å². The van der Waals surface area contributed by atoms with E-state index >= 15 is 0 Å². The first kappa shape index (κ1) is 24.9. The summed E-state index contributed by atoms with van der Waals surface area (Å²) < 4.78 is 16.0. The Morgan fingerprint density at radius 2 is 1.36 bits per heavy atom. The Labute approximate surface area is 171 Å². The van der Waals surface area contributed by atoms with Crippen LogP contribution in [0.4, 0.5) is 0 Å². The van der Waals surface area contributed by atoms with E-state index in [1.165, 1.54) is 77.6 Å². The normalized spacial score (nSPS) is 19.4. The number of hydrogen-bond donors (Lipinski definition) is 0. The van der Waals surface area contributed by atoms with Crippen molar-refractivity contribution in [2.24, 2.45) is 0 Å². The number of ether oxygens (including phenoxy) is 3. The molecule has 5 nitrogen and oxygen atoms in total. The highest BCUT2D eigenvalue weighted by Crippen LogP contribution is 2.20. The lowest BCUT2D eigenvalue weighted by Gasteiger charge is -2.30. The molecule has 5 heteroatoms. The van der Waals surface area contributed by atoms with Crippen LogP contribution >= 0.6 is 0 Å². The van der Waals surface area contributed by atoms with Crippen molar-refractivity contribution in [3.05, 3.63) is 0 Å². The zero-order valence-corrected chi connectivity index (χ0v) is 18.2. The zero-order chi connectivity index (χ0) is 20.5. The van der Waals surface area contributed by atoms with Crippen LogP contribution in [0.1, 0.15) is 117 Å². The Balaban J connectivity index is 1.94. The van der Waals surface area contributed by atoms with E-state index in [9.17, 15) is 9.59 Å². The van der Waals surface area contributed by atoms with Gasteiger partial charge in [0.05, 0.1) is 6.61 Å². The summed E-state index contributed by atoms with van der Waals surface area (Å²) in [6.07, 6.45) is 17.3. The third-order valence-corrected chi connectivity index (χ3v) is 5.27. The van der Waals surface area contributed by atoms with Gasteiger partial charge in [-0.25, -0.2) is 0 Å². The maximum atomic E-state index is 12.0. The minimum atomic E-state index is -0.743. The molecule has 1 heterocycles. The first-order valence-corrected chi connectivity index (χ1v) is 11.6. The molecule has 1 aliphatic heterocycles. The fraction of sp³-hybridized carbons (Fsp3) is 0.913. The lowest BCUT2D eigenvalue weighted by Crippen LogP contribution is -2.40.